The van der Waals surface area contributed by atoms with Crippen molar-refractivity contribution >= 4 is 5.69 Å². The second-order valence-corrected chi connectivity index (χ2v) is 6.62. The molecule has 1 saturated carbocycles. The second kappa shape index (κ2) is 7.84. The minimum Gasteiger partial charge on any atom is -0.371 e. The van der Waals surface area contributed by atoms with E-state index in [1.54, 1.807) is 0 Å². The van der Waals surface area contributed by atoms with Gasteiger partial charge in [0.2, 0.25) is 0 Å². The van der Waals surface area contributed by atoms with Gasteiger partial charge >= 0.3 is 0 Å². The van der Waals surface area contributed by atoms with Crippen molar-refractivity contribution in [2.45, 2.75) is 52.5 Å². The Hall–Kier alpha value is -1.02. The molecule has 0 spiro atoms. The highest BCUT2D eigenvalue weighted by molar-refractivity contribution is 5.48. The van der Waals surface area contributed by atoms with Crippen molar-refractivity contribution in [3.05, 3.63) is 29.8 Å². The molecule has 1 fully saturated rings. The predicted octanol–water partition coefficient (Wildman–Crippen LogP) is 4.24. The number of anilines is 1. The van der Waals surface area contributed by atoms with E-state index in [1.165, 1.54) is 43.5 Å². The van der Waals surface area contributed by atoms with Gasteiger partial charge in [-0.3, -0.25) is 0 Å². The third-order valence-electron chi connectivity index (χ3n) is 5.24. The van der Waals surface area contributed by atoms with Gasteiger partial charge in [-0.25, -0.2) is 0 Å². The van der Waals surface area contributed by atoms with Crippen molar-refractivity contribution in [2.24, 2.45) is 11.8 Å². The van der Waals surface area contributed by atoms with Crippen LogP contribution in [0.1, 0.15) is 45.1 Å². The number of benzene rings is 1. The molecule has 0 radical (unpaired) electrons. The fourth-order valence-electron chi connectivity index (χ4n) is 3.84. The van der Waals surface area contributed by atoms with Crippen molar-refractivity contribution < 1.29 is 0 Å². The van der Waals surface area contributed by atoms with Crippen LogP contribution in [0.4, 0.5) is 5.69 Å². The molecular weight excluding hydrogens is 256 g/mol. The molecule has 0 bridgehead atoms. The molecule has 1 N–H and O–H groups in total. The zero-order valence-electron chi connectivity index (χ0n) is 14.2. The molecule has 118 valence electrons. The maximum absolute atomic E-state index is 3.56. The van der Waals surface area contributed by atoms with Crippen LogP contribution in [0, 0.1) is 18.8 Å². The topological polar surface area (TPSA) is 15.3 Å². The highest BCUT2D eigenvalue weighted by atomic mass is 15.1. The minimum atomic E-state index is 0.687. The number of aryl methyl sites for hydroxylation is 1. The Morgan fingerprint density at radius 2 is 2.05 bits per heavy atom. The number of nitrogens with one attached hydrogen (secondary N) is 1. The van der Waals surface area contributed by atoms with E-state index in [0.29, 0.717) is 6.04 Å². The zero-order valence-corrected chi connectivity index (χ0v) is 14.2. The minimum absolute atomic E-state index is 0.687. The molecule has 2 rings (SSSR count). The summed E-state index contributed by atoms with van der Waals surface area (Å²) >= 11 is 0. The summed E-state index contributed by atoms with van der Waals surface area (Å²) in [5, 5.41) is 3.56. The third-order valence-corrected chi connectivity index (χ3v) is 5.24. The van der Waals surface area contributed by atoms with E-state index < -0.39 is 0 Å². The average molecular weight is 288 g/mol. The molecule has 0 amide bonds. The van der Waals surface area contributed by atoms with E-state index >= 15 is 0 Å². The number of rotatable bonds is 6. The van der Waals surface area contributed by atoms with Crippen LogP contribution in [0.2, 0.25) is 0 Å². The first-order chi connectivity index (χ1) is 10.2. The molecule has 1 aliphatic rings. The van der Waals surface area contributed by atoms with Gasteiger partial charge < -0.3 is 10.2 Å². The Kier molecular flexibility index (Phi) is 6.10. The fourth-order valence-corrected chi connectivity index (χ4v) is 3.84. The van der Waals surface area contributed by atoms with E-state index in [1.807, 2.05) is 0 Å². The SMILES string of the molecule is CCC1CCC(NC)C(CN(CC)c2cccc(C)c2)C1. The van der Waals surface area contributed by atoms with Gasteiger partial charge in [0, 0.05) is 24.8 Å². The van der Waals surface area contributed by atoms with Crippen LogP contribution in [0.25, 0.3) is 0 Å². The lowest BCUT2D eigenvalue weighted by molar-refractivity contribution is 0.209. The first kappa shape index (κ1) is 16.4. The molecule has 0 aliphatic heterocycles. The molecule has 0 saturated heterocycles. The Balaban J connectivity index is 2.08. The molecule has 0 heterocycles. The van der Waals surface area contributed by atoms with Crippen LogP contribution in [-0.4, -0.2) is 26.2 Å². The molecule has 2 heteroatoms. The van der Waals surface area contributed by atoms with Crippen molar-refractivity contribution in [3.8, 4) is 0 Å². The van der Waals surface area contributed by atoms with Crippen LogP contribution in [0.3, 0.4) is 0 Å². The molecule has 0 aromatic heterocycles. The summed E-state index contributed by atoms with van der Waals surface area (Å²) in [5.74, 6) is 1.70. The lowest BCUT2D eigenvalue weighted by Crippen LogP contribution is -2.44. The second-order valence-electron chi connectivity index (χ2n) is 6.62. The van der Waals surface area contributed by atoms with Gasteiger partial charge in [0.25, 0.3) is 0 Å². The van der Waals surface area contributed by atoms with Gasteiger partial charge in [-0.2, -0.15) is 0 Å². The normalized spacial score (nSPS) is 25.8. The van der Waals surface area contributed by atoms with E-state index in [2.05, 4.69) is 62.3 Å². The molecule has 3 unspecified atom stereocenters. The van der Waals surface area contributed by atoms with Crippen LogP contribution in [0.5, 0.6) is 0 Å². The standard InChI is InChI=1S/C19H32N2/c1-5-16-10-11-19(20-4)17(13-16)14-21(6-2)18-9-7-8-15(3)12-18/h7-9,12,16-17,19-20H,5-6,10-11,13-14H2,1-4H3. The third kappa shape index (κ3) is 4.23. The first-order valence-electron chi connectivity index (χ1n) is 8.66. The van der Waals surface area contributed by atoms with Gasteiger partial charge in [-0.1, -0.05) is 25.5 Å². The molecular formula is C19H32N2. The van der Waals surface area contributed by atoms with Crippen LogP contribution < -0.4 is 10.2 Å². The van der Waals surface area contributed by atoms with E-state index in [9.17, 15) is 0 Å². The van der Waals surface area contributed by atoms with Crippen molar-refractivity contribution in [1.82, 2.24) is 5.32 Å². The quantitative estimate of drug-likeness (QED) is 0.842. The number of nitrogens with zero attached hydrogens (tertiary/aromatic N) is 1. The van der Waals surface area contributed by atoms with E-state index in [4.69, 9.17) is 0 Å². The maximum atomic E-state index is 3.56. The summed E-state index contributed by atoms with van der Waals surface area (Å²) < 4.78 is 0. The summed E-state index contributed by atoms with van der Waals surface area (Å²) in [6, 6.07) is 9.62. The zero-order chi connectivity index (χ0) is 15.2. The van der Waals surface area contributed by atoms with Crippen molar-refractivity contribution in [2.75, 3.05) is 25.0 Å². The van der Waals surface area contributed by atoms with Crippen LogP contribution >= 0.6 is 0 Å². The predicted molar refractivity (Wildman–Crippen MR) is 93.0 cm³/mol. The summed E-state index contributed by atoms with van der Waals surface area (Å²) in [6.45, 7) is 9.08. The Morgan fingerprint density at radius 1 is 1.24 bits per heavy atom. The highest BCUT2D eigenvalue weighted by Gasteiger charge is 2.29. The molecule has 1 aliphatic carbocycles. The monoisotopic (exact) mass is 288 g/mol. The Labute approximate surface area is 130 Å². The number of hydrogen-bond donors (Lipinski definition) is 1. The molecule has 1 aromatic carbocycles. The molecule has 3 atom stereocenters. The smallest absolute Gasteiger partial charge is 0.0368 e. The van der Waals surface area contributed by atoms with Crippen molar-refractivity contribution in [3.63, 3.8) is 0 Å². The van der Waals surface area contributed by atoms with Gasteiger partial charge in [0.05, 0.1) is 0 Å². The first-order valence-corrected chi connectivity index (χ1v) is 8.66. The fraction of sp³-hybridized carbons (Fsp3) is 0.684. The van der Waals surface area contributed by atoms with E-state index in [0.717, 1.165) is 18.4 Å². The van der Waals surface area contributed by atoms with Gasteiger partial charge in [-0.05, 0) is 69.7 Å². The molecule has 21 heavy (non-hydrogen) atoms. The van der Waals surface area contributed by atoms with Crippen LogP contribution in [-0.2, 0) is 0 Å². The molecule has 2 nitrogen and oxygen atoms in total. The lowest BCUT2D eigenvalue weighted by Gasteiger charge is -2.39. The largest absolute Gasteiger partial charge is 0.371 e. The summed E-state index contributed by atoms with van der Waals surface area (Å²) in [7, 11) is 2.13. The summed E-state index contributed by atoms with van der Waals surface area (Å²) in [6.07, 6.45) is 5.45. The van der Waals surface area contributed by atoms with Gasteiger partial charge in [0.15, 0.2) is 0 Å². The van der Waals surface area contributed by atoms with Gasteiger partial charge in [-0.15, -0.1) is 0 Å². The van der Waals surface area contributed by atoms with Crippen LogP contribution in [0.15, 0.2) is 24.3 Å². The van der Waals surface area contributed by atoms with Gasteiger partial charge in [0.1, 0.15) is 0 Å². The summed E-state index contributed by atoms with van der Waals surface area (Å²) in [4.78, 5) is 2.56. The molecule has 1 aromatic rings. The summed E-state index contributed by atoms with van der Waals surface area (Å²) in [5.41, 5.74) is 2.73. The Bertz CT molecular complexity index is 429. The average Bonchev–Trinajstić information content (AvgIpc) is 2.52. The van der Waals surface area contributed by atoms with Crippen molar-refractivity contribution in [1.29, 1.82) is 0 Å². The van der Waals surface area contributed by atoms with E-state index in [-0.39, 0.29) is 0 Å². The Morgan fingerprint density at radius 3 is 2.67 bits per heavy atom. The maximum Gasteiger partial charge on any atom is 0.0368 e. The number of hydrogen-bond acceptors (Lipinski definition) is 2. The lowest BCUT2D eigenvalue weighted by atomic mass is 9.76. The highest BCUT2D eigenvalue weighted by Crippen LogP contribution is 2.32.